The lowest BCUT2D eigenvalue weighted by atomic mass is 9.97. The molecule has 0 bridgehead atoms. The fourth-order valence-electron chi connectivity index (χ4n) is 1.39. The largest absolute Gasteiger partial charge is 0.459 e. The van der Waals surface area contributed by atoms with E-state index in [-0.39, 0.29) is 12.8 Å². The van der Waals surface area contributed by atoms with Gasteiger partial charge >= 0.3 is 5.97 Å². The Kier molecular flexibility index (Phi) is 3.32. The van der Waals surface area contributed by atoms with Crippen molar-refractivity contribution in [2.75, 3.05) is 0 Å². The van der Waals surface area contributed by atoms with Crippen molar-refractivity contribution >= 4 is 17.8 Å². The number of hydrazine groups is 1. The molecule has 1 fully saturated rings. The van der Waals surface area contributed by atoms with Crippen LogP contribution in [0.25, 0.3) is 0 Å². The van der Waals surface area contributed by atoms with Crippen molar-refractivity contribution in [1.29, 1.82) is 0 Å². The summed E-state index contributed by atoms with van der Waals surface area (Å²) in [5, 5.41) is 0.498. The first-order chi connectivity index (χ1) is 7.22. The maximum atomic E-state index is 11.6. The maximum absolute atomic E-state index is 11.6. The van der Waals surface area contributed by atoms with Gasteiger partial charge in [-0.3, -0.25) is 14.4 Å². The number of nitrogens with two attached hydrogens (primary N) is 1. The summed E-state index contributed by atoms with van der Waals surface area (Å²) in [6.45, 7) is 5.14. The zero-order valence-electron chi connectivity index (χ0n) is 9.65. The summed E-state index contributed by atoms with van der Waals surface area (Å²) in [5.41, 5.74) is -0.655. The van der Waals surface area contributed by atoms with Gasteiger partial charge in [-0.25, -0.2) is 10.9 Å². The molecule has 1 rings (SSSR count). The first-order valence-electron chi connectivity index (χ1n) is 5.07. The molecule has 1 atom stereocenters. The van der Waals surface area contributed by atoms with E-state index in [2.05, 4.69) is 0 Å². The SMILES string of the molecule is CC(C)(C)OC(=O)C1CCC(=O)N(N)C1=O. The molecule has 2 N–H and O–H groups in total. The van der Waals surface area contributed by atoms with E-state index in [1.54, 1.807) is 20.8 Å². The summed E-state index contributed by atoms with van der Waals surface area (Å²) in [5.74, 6) is 2.50. The van der Waals surface area contributed by atoms with Gasteiger partial charge in [0.25, 0.3) is 5.91 Å². The van der Waals surface area contributed by atoms with Crippen LogP contribution in [0.15, 0.2) is 0 Å². The van der Waals surface area contributed by atoms with Gasteiger partial charge in [-0.2, -0.15) is 0 Å². The minimum Gasteiger partial charge on any atom is -0.459 e. The minimum absolute atomic E-state index is 0.0894. The van der Waals surface area contributed by atoms with Crippen LogP contribution in [-0.4, -0.2) is 28.4 Å². The van der Waals surface area contributed by atoms with E-state index in [0.29, 0.717) is 5.01 Å². The zero-order chi connectivity index (χ0) is 12.5. The van der Waals surface area contributed by atoms with E-state index in [9.17, 15) is 14.4 Å². The Balaban J connectivity index is 2.71. The van der Waals surface area contributed by atoms with Gasteiger partial charge in [-0.05, 0) is 27.2 Å². The summed E-state index contributed by atoms with van der Waals surface area (Å²) in [6, 6.07) is 0. The average Bonchev–Trinajstić information content (AvgIpc) is 2.11. The van der Waals surface area contributed by atoms with Crippen molar-refractivity contribution in [3.63, 3.8) is 0 Å². The third-order valence-electron chi connectivity index (χ3n) is 2.14. The standard InChI is InChI=1S/C10H16N2O4/c1-10(2,3)16-9(15)6-4-5-7(13)12(11)8(6)14/h6H,4-5,11H2,1-3H3. The van der Waals surface area contributed by atoms with Crippen LogP contribution in [0.4, 0.5) is 0 Å². The van der Waals surface area contributed by atoms with Crippen molar-refractivity contribution in [2.45, 2.75) is 39.2 Å². The highest BCUT2D eigenvalue weighted by Gasteiger charge is 2.39. The van der Waals surface area contributed by atoms with Gasteiger partial charge in [0.2, 0.25) is 5.91 Å². The van der Waals surface area contributed by atoms with Crippen LogP contribution in [0.1, 0.15) is 33.6 Å². The topological polar surface area (TPSA) is 89.7 Å². The number of imide groups is 1. The van der Waals surface area contributed by atoms with Gasteiger partial charge in [-0.15, -0.1) is 0 Å². The van der Waals surface area contributed by atoms with Gasteiger partial charge in [0.05, 0.1) is 0 Å². The van der Waals surface area contributed by atoms with Crippen molar-refractivity contribution in [3.05, 3.63) is 0 Å². The molecule has 0 aliphatic carbocycles. The van der Waals surface area contributed by atoms with E-state index in [1.165, 1.54) is 0 Å². The van der Waals surface area contributed by atoms with Crippen LogP contribution in [0.5, 0.6) is 0 Å². The summed E-state index contributed by atoms with van der Waals surface area (Å²) in [7, 11) is 0. The molecular weight excluding hydrogens is 212 g/mol. The number of amides is 2. The monoisotopic (exact) mass is 228 g/mol. The number of esters is 1. The van der Waals surface area contributed by atoms with Gasteiger partial charge in [0, 0.05) is 6.42 Å². The summed E-state index contributed by atoms with van der Waals surface area (Å²) in [6.07, 6.45) is 0.256. The molecule has 1 unspecified atom stereocenters. The van der Waals surface area contributed by atoms with Crippen molar-refractivity contribution in [3.8, 4) is 0 Å². The van der Waals surface area contributed by atoms with Crippen LogP contribution in [0.3, 0.4) is 0 Å². The maximum Gasteiger partial charge on any atom is 0.319 e. The van der Waals surface area contributed by atoms with E-state index in [4.69, 9.17) is 10.6 Å². The lowest BCUT2D eigenvalue weighted by Crippen LogP contribution is -2.52. The molecule has 1 saturated heterocycles. The molecule has 16 heavy (non-hydrogen) atoms. The Labute approximate surface area is 93.7 Å². The van der Waals surface area contributed by atoms with Gasteiger partial charge < -0.3 is 4.74 Å². The Morgan fingerprint density at radius 2 is 2.00 bits per heavy atom. The molecule has 6 heteroatoms. The number of nitrogens with zero attached hydrogens (tertiary/aromatic N) is 1. The first kappa shape index (κ1) is 12.6. The number of piperidine rings is 1. The number of carbonyl (C=O) groups excluding carboxylic acids is 3. The molecule has 0 radical (unpaired) electrons. The molecule has 2 amide bonds. The lowest BCUT2D eigenvalue weighted by Gasteiger charge is -2.28. The Morgan fingerprint density at radius 3 is 2.50 bits per heavy atom. The van der Waals surface area contributed by atoms with Crippen LogP contribution in [0.2, 0.25) is 0 Å². The molecule has 1 aliphatic rings. The summed E-state index contributed by atoms with van der Waals surface area (Å²) in [4.78, 5) is 34.3. The second kappa shape index (κ2) is 4.21. The van der Waals surface area contributed by atoms with E-state index in [1.807, 2.05) is 0 Å². The minimum atomic E-state index is -0.957. The molecule has 0 aromatic heterocycles. The van der Waals surface area contributed by atoms with E-state index in [0.717, 1.165) is 0 Å². The lowest BCUT2D eigenvalue weighted by molar-refractivity contribution is -0.168. The van der Waals surface area contributed by atoms with Crippen LogP contribution >= 0.6 is 0 Å². The fraction of sp³-hybridized carbons (Fsp3) is 0.700. The average molecular weight is 228 g/mol. The van der Waals surface area contributed by atoms with Crippen LogP contribution in [0, 0.1) is 5.92 Å². The van der Waals surface area contributed by atoms with Gasteiger partial charge in [0.15, 0.2) is 0 Å². The normalized spacial score (nSPS) is 22.2. The van der Waals surface area contributed by atoms with Crippen molar-refractivity contribution in [2.24, 2.45) is 11.8 Å². The van der Waals surface area contributed by atoms with Crippen molar-refractivity contribution < 1.29 is 19.1 Å². The molecule has 1 aliphatic heterocycles. The summed E-state index contributed by atoms with van der Waals surface area (Å²) >= 11 is 0. The third kappa shape index (κ3) is 2.79. The quantitative estimate of drug-likeness (QED) is 0.224. The smallest absolute Gasteiger partial charge is 0.319 e. The highest BCUT2D eigenvalue weighted by Crippen LogP contribution is 2.20. The second-order valence-electron chi connectivity index (χ2n) is 4.73. The molecule has 6 nitrogen and oxygen atoms in total. The Morgan fingerprint density at radius 1 is 1.44 bits per heavy atom. The van der Waals surface area contributed by atoms with Gasteiger partial charge in [0.1, 0.15) is 11.5 Å². The highest BCUT2D eigenvalue weighted by atomic mass is 16.6. The number of hydrogen-bond donors (Lipinski definition) is 1. The van der Waals surface area contributed by atoms with Crippen LogP contribution in [-0.2, 0) is 19.1 Å². The Hall–Kier alpha value is -1.43. The predicted molar refractivity (Wildman–Crippen MR) is 54.6 cm³/mol. The first-order valence-corrected chi connectivity index (χ1v) is 5.07. The third-order valence-corrected chi connectivity index (χ3v) is 2.14. The molecule has 0 aromatic rings. The Bertz CT molecular complexity index is 332. The molecule has 90 valence electrons. The van der Waals surface area contributed by atoms with Gasteiger partial charge in [-0.1, -0.05) is 0 Å². The highest BCUT2D eigenvalue weighted by molar-refractivity contribution is 6.06. The predicted octanol–water partition coefficient (Wildman–Crippen LogP) is -0.0330. The summed E-state index contributed by atoms with van der Waals surface area (Å²) < 4.78 is 5.08. The van der Waals surface area contributed by atoms with Crippen molar-refractivity contribution in [1.82, 2.24) is 5.01 Å². The molecule has 0 spiro atoms. The number of ether oxygens (including phenoxy) is 1. The molecule has 1 heterocycles. The zero-order valence-corrected chi connectivity index (χ0v) is 9.65. The van der Waals surface area contributed by atoms with Crippen LogP contribution < -0.4 is 5.84 Å². The number of rotatable bonds is 1. The number of hydrogen-bond acceptors (Lipinski definition) is 5. The number of carbonyl (C=O) groups is 3. The van der Waals surface area contributed by atoms with E-state index < -0.39 is 29.3 Å². The molecular formula is C10H16N2O4. The van der Waals surface area contributed by atoms with E-state index >= 15 is 0 Å². The fourth-order valence-corrected chi connectivity index (χ4v) is 1.39. The second-order valence-corrected chi connectivity index (χ2v) is 4.73. The molecule has 0 aromatic carbocycles. The molecule has 0 saturated carbocycles.